The topological polar surface area (TPSA) is 104 Å². The maximum absolute atomic E-state index is 13.1. The molecule has 3 heterocycles. The summed E-state index contributed by atoms with van der Waals surface area (Å²) in [7, 11) is 1.33. The van der Waals surface area contributed by atoms with E-state index in [0.717, 1.165) is 6.07 Å². The highest BCUT2D eigenvalue weighted by molar-refractivity contribution is 9.10. The Kier molecular flexibility index (Phi) is 5.92. The van der Waals surface area contributed by atoms with Crippen molar-refractivity contribution in [2.24, 2.45) is 0 Å². The van der Waals surface area contributed by atoms with Crippen molar-refractivity contribution in [2.45, 2.75) is 6.36 Å². The molecule has 0 saturated heterocycles. The van der Waals surface area contributed by atoms with Crippen molar-refractivity contribution in [3.63, 3.8) is 0 Å². The zero-order valence-electron chi connectivity index (χ0n) is 18.2. The van der Waals surface area contributed by atoms with E-state index in [0.29, 0.717) is 15.4 Å². The Morgan fingerprint density at radius 1 is 1.06 bits per heavy atom. The van der Waals surface area contributed by atoms with Crippen LogP contribution in [0.2, 0.25) is 0 Å². The first-order chi connectivity index (χ1) is 17.2. The molecule has 182 valence electrons. The molecular weight excluding hydrogens is 545 g/mol. The third kappa shape index (κ3) is 4.52. The summed E-state index contributed by atoms with van der Waals surface area (Å²) in [6.45, 7) is 0. The Hall–Kier alpha value is -4.26. The summed E-state index contributed by atoms with van der Waals surface area (Å²) >= 11 is 3.46. The quantitative estimate of drug-likeness (QED) is 0.317. The lowest BCUT2D eigenvalue weighted by molar-refractivity contribution is -0.274. The number of nitrogens with one attached hydrogen (secondary N) is 1. The van der Waals surface area contributed by atoms with Crippen molar-refractivity contribution in [3.05, 3.63) is 75.6 Å². The summed E-state index contributed by atoms with van der Waals surface area (Å²) in [5, 5.41) is 7.89. The number of alkyl halides is 3. The van der Waals surface area contributed by atoms with Crippen LogP contribution < -0.4 is 20.3 Å². The van der Waals surface area contributed by atoms with Crippen molar-refractivity contribution in [3.8, 4) is 22.9 Å². The van der Waals surface area contributed by atoms with Crippen LogP contribution in [0.4, 0.5) is 24.8 Å². The zero-order chi connectivity index (χ0) is 25.4. The number of anilines is 2. The van der Waals surface area contributed by atoms with Crippen LogP contribution in [0.3, 0.4) is 0 Å². The highest BCUT2D eigenvalue weighted by Gasteiger charge is 2.33. The van der Waals surface area contributed by atoms with E-state index in [-0.39, 0.29) is 34.4 Å². The summed E-state index contributed by atoms with van der Waals surface area (Å²) in [4.78, 5) is 25.2. The average molecular weight is 559 g/mol. The number of fused-ring (bicyclic) bond motifs is 3. The standard InChI is InChI=1S/C23H14BrF3N6O3/c1-35-12-8-9-13(17(11-12)36-23(25,26)27)19-31-20-14-5-4-6-15(24)18(14)30-22(33(20)32-19)29-16-7-2-3-10-28-21(16)34/h2-11H,1H3,(H,28,29,30,34). The number of ether oxygens (including phenoxy) is 2. The molecule has 0 amide bonds. The van der Waals surface area contributed by atoms with E-state index in [1.165, 1.54) is 36.0 Å². The molecule has 36 heavy (non-hydrogen) atoms. The largest absolute Gasteiger partial charge is 0.573 e. The van der Waals surface area contributed by atoms with Gasteiger partial charge in [0.1, 0.15) is 17.2 Å². The molecule has 0 bridgehead atoms. The second kappa shape index (κ2) is 9.07. The van der Waals surface area contributed by atoms with Gasteiger partial charge in [0.25, 0.3) is 5.56 Å². The van der Waals surface area contributed by atoms with Crippen molar-refractivity contribution >= 4 is 44.1 Å². The highest BCUT2D eigenvalue weighted by atomic mass is 79.9. The number of halogens is 4. The third-order valence-corrected chi connectivity index (χ3v) is 5.68. The minimum absolute atomic E-state index is 0.0248. The number of nitrogens with zero attached hydrogens (tertiary/aromatic N) is 5. The van der Waals surface area contributed by atoms with Gasteiger partial charge in [0.15, 0.2) is 11.5 Å². The lowest BCUT2D eigenvalue weighted by Crippen LogP contribution is -2.17. The number of hydrogen-bond donors (Lipinski definition) is 1. The molecular formula is C23H14BrF3N6O3. The fourth-order valence-corrected chi connectivity index (χ4v) is 3.94. The van der Waals surface area contributed by atoms with Crippen LogP contribution in [0.25, 0.3) is 27.9 Å². The van der Waals surface area contributed by atoms with Gasteiger partial charge in [-0.25, -0.2) is 15.0 Å². The molecule has 3 aromatic heterocycles. The first-order valence-corrected chi connectivity index (χ1v) is 11.0. The lowest BCUT2D eigenvalue weighted by atomic mass is 10.2. The summed E-state index contributed by atoms with van der Waals surface area (Å²) in [5.41, 5.74) is 0.325. The van der Waals surface area contributed by atoms with Crippen LogP contribution in [-0.4, -0.2) is 38.0 Å². The van der Waals surface area contributed by atoms with Gasteiger partial charge in [0, 0.05) is 22.1 Å². The first kappa shape index (κ1) is 23.5. The lowest BCUT2D eigenvalue weighted by Gasteiger charge is -2.12. The summed E-state index contributed by atoms with van der Waals surface area (Å²) in [5.74, 6) is -0.340. The minimum atomic E-state index is -4.95. The highest BCUT2D eigenvalue weighted by Crippen LogP contribution is 2.37. The number of hydrogen-bond acceptors (Lipinski definition) is 8. The SMILES string of the molecule is COc1ccc(-c2nc3c4cccc(Br)c4nc(Nc4ccccnc4=O)n3n2)c(OC(F)(F)F)c1. The van der Waals surface area contributed by atoms with Crippen LogP contribution in [0.5, 0.6) is 11.5 Å². The fraction of sp³-hybridized carbons (Fsp3) is 0.0870. The van der Waals surface area contributed by atoms with E-state index in [2.05, 4.69) is 46.0 Å². The van der Waals surface area contributed by atoms with E-state index in [1.54, 1.807) is 30.3 Å². The van der Waals surface area contributed by atoms with Gasteiger partial charge in [-0.1, -0.05) is 12.1 Å². The molecule has 0 aliphatic carbocycles. The summed E-state index contributed by atoms with van der Waals surface area (Å²) in [6, 6.07) is 13.9. The van der Waals surface area contributed by atoms with Gasteiger partial charge >= 0.3 is 6.36 Å². The van der Waals surface area contributed by atoms with Crippen molar-refractivity contribution < 1.29 is 22.6 Å². The van der Waals surface area contributed by atoms with Crippen LogP contribution in [-0.2, 0) is 0 Å². The molecule has 5 aromatic rings. The van der Waals surface area contributed by atoms with Crippen molar-refractivity contribution in [2.75, 3.05) is 12.4 Å². The molecule has 0 aliphatic rings. The van der Waals surface area contributed by atoms with Gasteiger partial charge in [-0.3, -0.25) is 4.79 Å². The number of rotatable bonds is 5. The Balaban J connectivity index is 1.76. The van der Waals surface area contributed by atoms with Gasteiger partial charge in [-0.2, -0.15) is 4.52 Å². The Bertz CT molecular complexity index is 1680. The maximum Gasteiger partial charge on any atom is 0.573 e. The normalized spacial score (nSPS) is 11.6. The second-order valence-electron chi connectivity index (χ2n) is 7.33. The minimum Gasteiger partial charge on any atom is -0.497 e. The van der Waals surface area contributed by atoms with E-state index < -0.39 is 17.7 Å². The third-order valence-electron chi connectivity index (χ3n) is 5.04. The van der Waals surface area contributed by atoms with Gasteiger partial charge in [0.05, 0.1) is 18.2 Å². The van der Waals surface area contributed by atoms with Crippen LogP contribution in [0.15, 0.2) is 70.1 Å². The molecule has 1 N–H and O–H groups in total. The van der Waals surface area contributed by atoms with E-state index in [4.69, 9.17) is 4.74 Å². The number of methoxy groups -OCH3 is 1. The fourth-order valence-electron chi connectivity index (χ4n) is 3.48. The van der Waals surface area contributed by atoms with Gasteiger partial charge in [-0.05, 0) is 52.3 Å². The van der Waals surface area contributed by atoms with Gasteiger partial charge < -0.3 is 14.8 Å². The number of benzene rings is 2. The van der Waals surface area contributed by atoms with Crippen LogP contribution in [0, 0.1) is 0 Å². The Morgan fingerprint density at radius 3 is 2.67 bits per heavy atom. The Labute approximate surface area is 208 Å². The predicted molar refractivity (Wildman–Crippen MR) is 128 cm³/mol. The molecule has 0 unspecified atom stereocenters. The van der Waals surface area contributed by atoms with Gasteiger partial charge in [0.2, 0.25) is 5.95 Å². The van der Waals surface area contributed by atoms with Crippen LogP contribution >= 0.6 is 15.9 Å². The molecule has 0 radical (unpaired) electrons. The molecule has 0 fully saturated rings. The predicted octanol–water partition coefficient (Wildman–Crippen LogP) is 5.11. The summed E-state index contributed by atoms with van der Waals surface area (Å²) in [6.07, 6.45) is -3.60. The maximum atomic E-state index is 13.1. The second-order valence-corrected chi connectivity index (χ2v) is 8.18. The molecule has 13 heteroatoms. The molecule has 0 saturated carbocycles. The van der Waals surface area contributed by atoms with E-state index in [9.17, 15) is 18.0 Å². The zero-order valence-corrected chi connectivity index (χ0v) is 19.8. The smallest absolute Gasteiger partial charge is 0.497 e. The molecule has 0 aliphatic heterocycles. The molecule has 0 spiro atoms. The van der Waals surface area contributed by atoms with Crippen molar-refractivity contribution in [1.82, 2.24) is 24.6 Å². The number of para-hydroxylation sites is 1. The molecule has 0 atom stereocenters. The van der Waals surface area contributed by atoms with Gasteiger partial charge in [-0.15, -0.1) is 18.3 Å². The molecule has 9 nitrogen and oxygen atoms in total. The average Bonchev–Trinajstić information content (AvgIpc) is 3.18. The Morgan fingerprint density at radius 2 is 1.89 bits per heavy atom. The van der Waals surface area contributed by atoms with E-state index >= 15 is 0 Å². The number of aromatic nitrogens is 5. The first-order valence-electron chi connectivity index (χ1n) is 10.2. The molecule has 5 rings (SSSR count). The summed E-state index contributed by atoms with van der Waals surface area (Å²) < 4.78 is 50.6. The monoisotopic (exact) mass is 558 g/mol. The van der Waals surface area contributed by atoms with E-state index in [1.807, 2.05) is 0 Å². The van der Waals surface area contributed by atoms with Crippen LogP contribution in [0.1, 0.15) is 0 Å². The van der Waals surface area contributed by atoms with Crippen molar-refractivity contribution in [1.29, 1.82) is 0 Å². The molecule has 2 aromatic carbocycles.